The minimum absolute atomic E-state index is 0.0580. The van der Waals surface area contributed by atoms with Gasteiger partial charge in [0.15, 0.2) is 0 Å². The van der Waals surface area contributed by atoms with Crippen LogP contribution in [0.4, 0.5) is 8.78 Å². The Balaban J connectivity index is 2.11. The van der Waals surface area contributed by atoms with Crippen LogP contribution in [-0.2, 0) is 25.0 Å². The Morgan fingerprint density at radius 3 is 2.23 bits per heavy atom. The molecule has 0 aliphatic heterocycles. The van der Waals surface area contributed by atoms with E-state index in [-0.39, 0.29) is 25.1 Å². The second kappa shape index (κ2) is 10.5. The van der Waals surface area contributed by atoms with Crippen molar-refractivity contribution in [3.05, 3.63) is 71.3 Å². The number of ether oxygens (including phenoxy) is 2. The van der Waals surface area contributed by atoms with E-state index in [1.807, 2.05) is 0 Å². The van der Waals surface area contributed by atoms with Gasteiger partial charge in [-0.1, -0.05) is 42.5 Å². The molecule has 160 valence electrons. The van der Waals surface area contributed by atoms with Crippen molar-refractivity contribution in [1.82, 2.24) is 5.32 Å². The lowest BCUT2D eigenvalue weighted by molar-refractivity contribution is -0.148. The van der Waals surface area contributed by atoms with Crippen molar-refractivity contribution in [2.45, 2.75) is 25.2 Å². The predicted octanol–water partition coefficient (Wildman–Crippen LogP) is 3.42. The number of hydrogen-bond donors (Lipinski definition) is 1. The van der Waals surface area contributed by atoms with Crippen LogP contribution in [0.2, 0.25) is 0 Å². The summed E-state index contributed by atoms with van der Waals surface area (Å²) in [7, 11) is 1.18. The van der Waals surface area contributed by atoms with Crippen molar-refractivity contribution < 1.29 is 32.6 Å². The number of carbonyl (C=O) groups excluding carboxylic acids is 3. The van der Waals surface area contributed by atoms with Crippen LogP contribution in [0.1, 0.15) is 40.7 Å². The topological polar surface area (TPSA) is 81.7 Å². The van der Waals surface area contributed by atoms with Gasteiger partial charge in [-0.2, -0.15) is 8.78 Å². The Bertz CT molecular complexity index is 869. The van der Waals surface area contributed by atoms with Crippen LogP contribution in [0, 0.1) is 0 Å². The van der Waals surface area contributed by atoms with E-state index in [1.54, 1.807) is 37.3 Å². The third-order valence-electron chi connectivity index (χ3n) is 4.45. The van der Waals surface area contributed by atoms with Crippen LogP contribution >= 0.6 is 0 Å². The fraction of sp³-hybridized carbons (Fsp3) is 0.318. The lowest BCUT2D eigenvalue weighted by atomic mass is 9.95. The van der Waals surface area contributed by atoms with E-state index in [1.165, 1.54) is 7.11 Å². The molecular formula is C22H23F2NO5. The average Bonchev–Trinajstić information content (AvgIpc) is 2.76. The van der Waals surface area contributed by atoms with Gasteiger partial charge in [-0.15, -0.1) is 0 Å². The molecule has 1 unspecified atom stereocenters. The Morgan fingerprint density at radius 2 is 1.67 bits per heavy atom. The quantitative estimate of drug-likeness (QED) is 0.630. The number of nitrogens with one attached hydrogen (secondary N) is 1. The van der Waals surface area contributed by atoms with Gasteiger partial charge in [0.1, 0.15) is 0 Å². The van der Waals surface area contributed by atoms with E-state index in [0.29, 0.717) is 0 Å². The van der Waals surface area contributed by atoms with Crippen molar-refractivity contribution in [1.29, 1.82) is 0 Å². The molecule has 2 aromatic rings. The number of hydrogen-bond acceptors (Lipinski definition) is 5. The lowest BCUT2D eigenvalue weighted by Gasteiger charge is -2.21. The highest BCUT2D eigenvalue weighted by molar-refractivity contribution is 5.90. The van der Waals surface area contributed by atoms with E-state index >= 15 is 0 Å². The van der Waals surface area contributed by atoms with Crippen LogP contribution in [0.5, 0.6) is 0 Å². The molecule has 2 aromatic carbocycles. The first-order chi connectivity index (χ1) is 14.3. The zero-order valence-electron chi connectivity index (χ0n) is 16.7. The van der Waals surface area contributed by atoms with Crippen molar-refractivity contribution in [3.63, 3.8) is 0 Å². The van der Waals surface area contributed by atoms with E-state index < -0.39 is 35.2 Å². The predicted molar refractivity (Wildman–Crippen MR) is 105 cm³/mol. The smallest absolute Gasteiger partial charge is 0.349 e. The second-order valence-corrected chi connectivity index (χ2v) is 6.47. The van der Waals surface area contributed by atoms with Gasteiger partial charge in [0.2, 0.25) is 0 Å². The zero-order valence-corrected chi connectivity index (χ0v) is 16.7. The summed E-state index contributed by atoms with van der Waals surface area (Å²) in [6.45, 7) is 1.70. The first kappa shape index (κ1) is 23.0. The van der Waals surface area contributed by atoms with Gasteiger partial charge in [-0.05, 0) is 24.6 Å². The lowest BCUT2D eigenvalue weighted by Crippen LogP contribution is -2.40. The van der Waals surface area contributed by atoms with Crippen LogP contribution < -0.4 is 5.32 Å². The molecule has 1 atom stereocenters. The van der Waals surface area contributed by atoms with Crippen LogP contribution in [0.3, 0.4) is 0 Å². The fourth-order valence-corrected chi connectivity index (χ4v) is 2.85. The van der Waals surface area contributed by atoms with Crippen LogP contribution in [0.25, 0.3) is 0 Å². The van der Waals surface area contributed by atoms with Gasteiger partial charge >= 0.3 is 17.9 Å². The number of halogens is 2. The first-order valence-corrected chi connectivity index (χ1v) is 9.35. The van der Waals surface area contributed by atoms with E-state index in [9.17, 15) is 23.2 Å². The second-order valence-electron chi connectivity index (χ2n) is 6.47. The van der Waals surface area contributed by atoms with E-state index in [4.69, 9.17) is 4.74 Å². The third kappa shape index (κ3) is 5.85. The van der Waals surface area contributed by atoms with Gasteiger partial charge in [0, 0.05) is 18.0 Å². The summed E-state index contributed by atoms with van der Waals surface area (Å²) in [6, 6.07) is 13.1. The molecule has 0 heterocycles. The fourth-order valence-electron chi connectivity index (χ4n) is 2.85. The van der Waals surface area contributed by atoms with Crippen molar-refractivity contribution in [2.24, 2.45) is 0 Å². The molecule has 1 N–H and O–H groups in total. The highest BCUT2D eigenvalue weighted by Gasteiger charge is 2.41. The monoisotopic (exact) mass is 419 g/mol. The molecule has 0 aliphatic rings. The molecule has 0 saturated heterocycles. The Hall–Kier alpha value is -3.29. The SMILES string of the molecule is CCOC(=O)CC(CNC(=O)C(F)(F)c1ccc(C(=O)OC)cc1)c1ccccc1. The molecule has 8 heteroatoms. The Morgan fingerprint density at radius 1 is 1.03 bits per heavy atom. The molecule has 1 amide bonds. The molecule has 30 heavy (non-hydrogen) atoms. The largest absolute Gasteiger partial charge is 0.466 e. The van der Waals surface area contributed by atoms with E-state index in [2.05, 4.69) is 10.1 Å². The summed E-state index contributed by atoms with van der Waals surface area (Å²) >= 11 is 0. The minimum atomic E-state index is -3.82. The summed E-state index contributed by atoms with van der Waals surface area (Å²) in [4.78, 5) is 35.5. The Kier molecular flexibility index (Phi) is 8.03. The maximum Gasteiger partial charge on any atom is 0.349 e. The number of rotatable bonds is 9. The van der Waals surface area contributed by atoms with Crippen LogP contribution in [-0.4, -0.2) is 38.1 Å². The summed E-state index contributed by atoms with van der Waals surface area (Å²) in [5.74, 6) is -6.99. The minimum Gasteiger partial charge on any atom is -0.466 e. The normalized spacial score (nSPS) is 12.0. The maximum atomic E-state index is 14.6. The number of carbonyl (C=O) groups is 3. The summed E-state index contributed by atoms with van der Waals surface area (Å²) in [5.41, 5.74) is 0.252. The number of alkyl halides is 2. The van der Waals surface area contributed by atoms with Gasteiger partial charge in [0.05, 0.1) is 25.7 Å². The molecule has 0 aromatic heterocycles. The third-order valence-corrected chi connectivity index (χ3v) is 4.45. The summed E-state index contributed by atoms with van der Waals surface area (Å²) in [6.07, 6.45) is -0.0580. The first-order valence-electron chi connectivity index (χ1n) is 9.35. The molecular weight excluding hydrogens is 396 g/mol. The molecule has 0 aliphatic carbocycles. The van der Waals surface area contributed by atoms with E-state index in [0.717, 1.165) is 29.8 Å². The van der Waals surface area contributed by atoms with Crippen molar-refractivity contribution in [2.75, 3.05) is 20.3 Å². The van der Waals surface area contributed by atoms with Crippen LogP contribution in [0.15, 0.2) is 54.6 Å². The highest BCUT2D eigenvalue weighted by Crippen LogP contribution is 2.29. The van der Waals surface area contributed by atoms with Gasteiger partial charge in [0.25, 0.3) is 5.91 Å². The molecule has 0 radical (unpaired) electrons. The van der Waals surface area contributed by atoms with Gasteiger partial charge < -0.3 is 14.8 Å². The zero-order chi connectivity index (χ0) is 22.1. The maximum absolute atomic E-state index is 14.6. The Labute approximate surface area is 173 Å². The summed E-state index contributed by atoms with van der Waals surface area (Å²) in [5, 5.41) is 2.23. The molecule has 0 spiro atoms. The number of benzene rings is 2. The van der Waals surface area contributed by atoms with Crippen molar-refractivity contribution >= 4 is 17.8 Å². The molecule has 0 bridgehead atoms. The standard InChI is InChI=1S/C22H23F2NO5/c1-3-30-19(26)13-17(15-7-5-4-6-8-15)14-25-21(28)22(23,24)18-11-9-16(10-12-18)20(27)29-2/h4-12,17H,3,13-14H2,1-2H3,(H,25,28). The number of amides is 1. The molecule has 0 fully saturated rings. The average molecular weight is 419 g/mol. The molecule has 2 rings (SSSR count). The van der Waals surface area contributed by atoms with Gasteiger partial charge in [-0.25, -0.2) is 4.79 Å². The van der Waals surface area contributed by atoms with Crippen molar-refractivity contribution in [3.8, 4) is 0 Å². The van der Waals surface area contributed by atoms with Gasteiger partial charge in [-0.3, -0.25) is 9.59 Å². The number of esters is 2. The summed E-state index contributed by atoms with van der Waals surface area (Å²) < 4.78 is 38.6. The molecule has 6 nitrogen and oxygen atoms in total. The number of methoxy groups -OCH3 is 1. The highest BCUT2D eigenvalue weighted by atomic mass is 19.3. The molecule has 0 saturated carbocycles.